The van der Waals surface area contributed by atoms with Crippen molar-refractivity contribution in [3.8, 4) is 23.0 Å². The summed E-state index contributed by atoms with van der Waals surface area (Å²) >= 11 is 0. The number of carbonyl (C=O) groups is 1. The van der Waals surface area contributed by atoms with Crippen molar-refractivity contribution in [2.45, 2.75) is 13.5 Å². The number of methoxy groups -OCH3 is 2. The van der Waals surface area contributed by atoms with Crippen molar-refractivity contribution < 1.29 is 23.7 Å². The van der Waals surface area contributed by atoms with Gasteiger partial charge in [-0.2, -0.15) is 0 Å². The lowest BCUT2D eigenvalue weighted by Crippen LogP contribution is -2.20. The normalized spacial score (nSPS) is 10.4. The van der Waals surface area contributed by atoms with Gasteiger partial charge < -0.3 is 24.3 Å². The molecule has 0 radical (unpaired) electrons. The van der Waals surface area contributed by atoms with Gasteiger partial charge in [-0.05, 0) is 48.4 Å². The Kier molecular flexibility index (Phi) is 8.63. The van der Waals surface area contributed by atoms with E-state index in [1.54, 1.807) is 38.5 Å². The molecular weight excluding hydrogens is 370 g/mol. The Morgan fingerprint density at radius 3 is 2.38 bits per heavy atom. The van der Waals surface area contributed by atoms with Gasteiger partial charge in [0.15, 0.2) is 23.0 Å². The number of hydrogen-bond donors (Lipinski definition) is 1. The molecule has 2 rings (SSSR count). The highest BCUT2D eigenvalue weighted by Crippen LogP contribution is 2.29. The molecule has 0 aliphatic rings. The van der Waals surface area contributed by atoms with Crippen LogP contribution in [0.3, 0.4) is 0 Å². The van der Waals surface area contributed by atoms with Crippen LogP contribution in [0.1, 0.15) is 18.1 Å². The third-order valence-corrected chi connectivity index (χ3v) is 3.97. The maximum Gasteiger partial charge on any atom is 0.244 e. The zero-order chi connectivity index (χ0) is 21.1. The lowest BCUT2D eigenvalue weighted by Gasteiger charge is -2.11. The van der Waals surface area contributed by atoms with Crippen molar-refractivity contribution >= 4 is 12.0 Å². The van der Waals surface area contributed by atoms with Gasteiger partial charge >= 0.3 is 0 Å². The molecule has 0 fully saturated rings. The average Bonchev–Trinajstić information content (AvgIpc) is 2.75. The first-order valence-corrected chi connectivity index (χ1v) is 9.28. The molecule has 6 heteroatoms. The van der Waals surface area contributed by atoms with E-state index in [-0.39, 0.29) is 5.91 Å². The van der Waals surface area contributed by atoms with E-state index in [1.807, 2.05) is 31.2 Å². The van der Waals surface area contributed by atoms with E-state index in [9.17, 15) is 4.79 Å². The summed E-state index contributed by atoms with van der Waals surface area (Å²) in [6.45, 7) is 6.87. The van der Waals surface area contributed by atoms with Crippen LogP contribution in [0.2, 0.25) is 0 Å². The molecule has 0 spiro atoms. The van der Waals surface area contributed by atoms with Crippen LogP contribution in [0, 0.1) is 0 Å². The Morgan fingerprint density at radius 1 is 1.00 bits per heavy atom. The second-order valence-corrected chi connectivity index (χ2v) is 5.98. The number of nitrogens with one attached hydrogen (secondary N) is 1. The molecule has 154 valence electrons. The monoisotopic (exact) mass is 397 g/mol. The van der Waals surface area contributed by atoms with Crippen LogP contribution in [0.25, 0.3) is 6.08 Å². The first-order valence-electron chi connectivity index (χ1n) is 9.28. The summed E-state index contributed by atoms with van der Waals surface area (Å²) in [6.07, 6.45) is 4.86. The molecule has 1 amide bonds. The van der Waals surface area contributed by atoms with Gasteiger partial charge in [0.1, 0.15) is 6.61 Å². The topological polar surface area (TPSA) is 66.0 Å². The first kappa shape index (κ1) is 21.9. The third-order valence-electron chi connectivity index (χ3n) is 3.97. The van der Waals surface area contributed by atoms with Gasteiger partial charge in [-0.3, -0.25) is 4.79 Å². The Hall–Kier alpha value is -3.41. The number of amides is 1. The van der Waals surface area contributed by atoms with Crippen molar-refractivity contribution in [3.05, 3.63) is 66.3 Å². The molecule has 0 aliphatic heterocycles. The molecule has 0 atom stereocenters. The van der Waals surface area contributed by atoms with E-state index < -0.39 is 0 Å². The van der Waals surface area contributed by atoms with Crippen molar-refractivity contribution in [1.29, 1.82) is 0 Å². The van der Waals surface area contributed by atoms with E-state index >= 15 is 0 Å². The van der Waals surface area contributed by atoms with Gasteiger partial charge in [0, 0.05) is 12.6 Å². The van der Waals surface area contributed by atoms with E-state index in [2.05, 4.69) is 11.9 Å². The second kappa shape index (κ2) is 11.4. The van der Waals surface area contributed by atoms with Crippen LogP contribution in [-0.2, 0) is 11.3 Å². The van der Waals surface area contributed by atoms with Crippen molar-refractivity contribution in [1.82, 2.24) is 5.32 Å². The molecule has 2 aromatic rings. The third kappa shape index (κ3) is 6.60. The predicted octanol–water partition coefficient (Wildman–Crippen LogP) is 4.00. The van der Waals surface area contributed by atoms with E-state index in [1.165, 1.54) is 6.08 Å². The molecule has 0 saturated heterocycles. The summed E-state index contributed by atoms with van der Waals surface area (Å²) in [5, 5.41) is 2.85. The van der Waals surface area contributed by atoms with E-state index in [0.717, 1.165) is 11.1 Å². The fourth-order valence-electron chi connectivity index (χ4n) is 2.57. The highest BCUT2D eigenvalue weighted by Gasteiger charge is 2.07. The highest BCUT2D eigenvalue weighted by atomic mass is 16.5. The van der Waals surface area contributed by atoms with Crippen LogP contribution < -0.4 is 24.3 Å². The van der Waals surface area contributed by atoms with Gasteiger partial charge in [0.05, 0.1) is 20.8 Å². The van der Waals surface area contributed by atoms with Gasteiger partial charge in [0.2, 0.25) is 5.91 Å². The maximum absolute atomic E-state index is 12.2. The minimum absolute atomic E-state index is 0.205. The summed E-state index contributed by atoms with van der Waals surface area (Å²) in [6, 6.07) is 11.0. The average molecular weight is 397 g/mol. The Labute approximate surface area is 171 Å². The number of benzene rings is 2. The van der Waals surface area contributed by atoms with Gasteiger partial charge in [-0.25, -0.2) is 0 Å². The molecule has 29 heavy (non-hydrogen) atoms. The molecule has 0 aromatic heterocycles. The number of carbonyl (C=O) groups excluding carboxylic acids is 1. The molecule has 1 N–H and O–H groups in total. The van der Waals surface area contributed by atoms with Crippen LogP contribution in [0.4, 0.5) is 0 Å². The Morgan fingerprint density at radius 2 is 1.69 bits per heavy atom. The van der Waals surface area contributed by atoms with Crippen LogP contribution >= 0.6 is 0 Å². The molecule has 0 saturated carbocycles. The first-order chi connectivity index (χ1) is 14.1. The lowest BCUT2D eigenvalue weighted by atomic mass is 10.1. The lowest BCUT2D eigenvalue weighted by molar-refractivity contribution is -0.116. The van der Waals surface area contributed by atoms with Crippen molar-refractivity contribution in [2.75, 3.05) is 27.4 Å². The van der Waals surface area contributed by atoms with Gasteiger partial charge in [-0.1, -0.05) is 24.8 Å². The smallest absolute Gasteiger partial charge is 0.244 e. The Balaban J connectivity index is 1.96. The van der Waals surface area contributed by atoms with E-state index in [0.29, 0.717) is 42.8 Å². The number of rotatable bonds is 11. The standard InChI is InChI=1S/C23H27NO5/c1-5-13-29-20-10-7-17(14-21(20)26-3)9-12-23(25)24-16-18-8-11-19(28-6-2)22(15-18)27-4/h5,7-12,14-15H,1,6,13,16H2,2-4H3,(H,24,25)/b12-9+. The van der Waals surface area contributed by atoms with Gasteiger partial charge in [0.25, 0.3) is 0 Å². The summed E-state index contributed by atoms with van der Waals surface area (Å²) in [5.74, 6) is 2.33. The summed E-state index contributed by atoms with van der Waals surface area (Å²) in [7, 11) is 3.16. The molecule has 0 bridgehead atoms. The zero-order valence-corrected chi connectivity index (χ0v) is 17.1. The fourth-order valence-corrected chi connectivity index (χ4v) is 2.57. The quantitative estimate of drug-likeness (QED) is 0.459. The molecule has 6 nitrogen and oxygen atoms in total. The van der Waals surface area contributed by atoms with Crippen LogP contribution in [0.15, 0.2) is 55.1 Å². The van der Waals surface area contributed by atoms with E-state index in [4.69, 9.17) is 18.9 Å². The molecule has 0 aliphatic carbocycles. The maximum atomic E-state index is 12.2. The highest BCUT2D eigenvalue weighted by molar-refractivity contribution is 5.91. The van der Waals surface area contributed by atoms with Crippen molar-refractivity contribution in [2.24, 2.45) is 0 Å². The summed E-state index contributed by atoms with van der Waals surface area (Å²) < 4.78 is 21.7. The summed E-state index contributed by atoms with van der Waals surface area (Å²) in [5.41, 5.74) is 1.74. The molecule has 2 aromatic carbocycles. The molecule has 0 heterocycles. The number of ether oxygens (including phenoxy) is 4. The molecular formula is C23H27NO5. The van der Waals surface area contributed by atoms with Gasteiger partial charge in [-0.15, -0.1) is 0 Å². The van der Waals surface area contributed by atoms with Crippen LogP contribution in [-0.4, -0.2) is 33.3 Å². The largest absolute Gasteiger partial charge is 0.493 e. The minimum Gasteiger partial charge on any atom is -0.493 e. The minimum atomic E-state index is -0.205. The van der Waals surface area contributed by atoms with Crippen molar-refractivity contribution in [3.63, 3.8) is 0 Å². The number of hydrogen-bond acceptors (Lipinski definition) is 5. The Bertz CT molecular complexity index is 860. The zero-order valence-electron chi connectivity index (χ0n) is 17.1. The fraction of sp³-hybridized carbons (Fsp3) is 0.261. The summed E-state index contributed by atoms with van der Waals surface area (Å²) in [4.78, 5) is 12.2. The molecule has 0 unspecified atom stereocenters. The van der Waals surface area contributed by atoms with Crippen LogP contribution in [0.5, 0.6) is 23.0 Å². The predicted molar refractivity (Wildman–Crippen MR) is 114 cm³/mol. The SMILES string of the molecule is C=CCOc1ccc(/C=C/C(=O)NCc2ccc(OCC)c(OC)c2)cc1OC. The second-order valence-electron chi connectivity index (χ2n) is 5.98.